The largest absolute Gasteiger partial charge is 0.497 e. The zero-order valence-corrected chi connectivity index (χ0v) is 14.3. The predicted octanol–water partition coefficient (Wildman–Crippen LogP) is 3.62. The van der Waals surface area contributed by atoms with E-state index in [2.05, 4.69) is 34.6 Å². The number of ether oxygens (including phenoxy) is 1. The molecule has 0 aliphatic carbocycles. The van der Waals surface area contributed by atoms with Crippen molar-refractivity contribution in [3.63, 3.8) is 0 Å². The minimum Gasteiger partial charge on any atom is -0.497 e. The second-order valence-electron chi connectivity index (χ2n) is 5.92. The van der Waals surface area contributed by atoms with Crippen LogP contribution in [0.5, 0.6) is 5.75 Å². The van der Waals surface area contributed by atoms with Crippen molar-refractivity contribution in [2.75, 3.05) is 13.7 Å². The average Bonchev–Trinajstić information content (AvgIpc) is 3.17. The normalized spacial score (nSPS) is 11.8. The Hall–Kier alpha value is -3.08. The van der Waals surface area contributed by atoms with E-state index in [1.807, 2.05) is 42.5 Å². The topological polar surface area (TPSA) is 67.0 Å². The van der Waals surface area contributed by atoms with Gasteiger partial charge in [0.2, 0.25) is 0 Å². The molecule has 3 rings (SSSR count). The third-order valence-electron chi connectivity index (χ3n) is 4.15. The summed E-state index contributed by atoms with van der Waals surface area (Å²) in [5.41, 5.74) is 3.30. The Kier molecular flexibility index (Phi) is 5.14. The number of aromatic amines is 1. The van der Waals surface area contributed by atoms with Gasteiger partial charge in [0.05, 0.1) is 12.8 Å². The molecular formula is C20H21N3O2. The molecule has 2 aromatic carbocycles. The first-order valence-corrected chi connectivity index (χ1v) is 8.20. The second-order valence-corrected chi connectivity index (χ2v) is 5.92. The van der Waals surface area contributed by atoms with Gasteiger partial charge in [-0.15, -0.1) is 0 Å². The summed E-state index contributed by atoms with van der Waals surface area (Å²) in [6.45, 7) is 2.66. The van der Waals surface area contributed by atoms with Gasteiger partial charge in [-0.2, -0.15) is 5.10 Å². The number of nitrogens with one attached hydrogen (secondary N) is 2. The van der Waals surface area contributed by atoms with Crippen LogP contribution in [0.15, 0.2) is 60.7 Å². The molecule has 25 heavy (non-hydrogen) atoms. The van der Waals surface area contributed by atoms with Crippen LogP contribution in [0.25, 0.3) is 11.3 Å². The van der Waals surface area contributed by atoms with E-state index in [-0.39, 0.29) is 11.8 Å². The van der Waals surface area contributed by atoms with E-state index in [9.17, 15) is 4.79 Å². The van der Waals surface area contributed by atoms with Crippen LogP contribution < -0.4 is 10.1 Å². The Morgan fingerprint density at radius 3 is 2.56 bits per heavy atom. The third kappa shape index (κ3) is 4.07. The second kappa shape index (κ2) is 7.66. The fourth-order valence-electron chi connectivity index (χ4n) is 2.59. The standard InChI is InChI=1S/C20H21N3O2/c1-14(15-6-4-3-5-7-15)13-21-20(24)19-12-18(22-23-19)16-8-10-17(25-2)11-9-16/h3-12,14H,13H2,1-2H3,(H,21,24)(H,22,23)/t14-/m0/s1. The van der Waals surface area contributed by atoms with Gasteiger partial charge >= 0.3 is 0 Å². The van der Waals surface area contributed by atoms with Crippen LogP contribution in [0.1, 0.15) is 28.9 Å². The number of carbonyl (C=O) groups excluding carboxylic acids is 1. The van der Waals surface area contributed by atoms with E-state index in [4.69, 9.17) is 4.74 Å². The number of amides is 1. The van der Waals surface area contributed by atoms with Crippen molar-refractivity contribution in [3.05, 3.63) is 71.9 Å². The highest BCUT2D eigenvalue weighted by molar-refractivity contribution is 5.93. The fraction of sp³-hybridized carbons (Fsp3) is 0.200. The number of carbonyl (C=O) groups is 1. The van der Waals surface area contributed by atoms with Gasteiger partial charge < -0.3 is 10.1 Å². The first kappa shape index (κ1) is 16.8. The van der Waals surface area contributed by atoms with E-state index >= 15 is 0 Å². The summed E-state index contributed by atoms with van der Waals surface area (Å²) in [6, 6.07) is 19.4. The Morgan fingerprint density at radius 2 is 1.88 bits per heavy atom. The molecule has 5 heteroatoms. The van der Waals surface area contributed by atoms with E-state index in [1.54, 1.807) is 13.2 Å². The lowest BCUT2D eigenvalue weighted by atomic mass is 10.0. The molecule has 128 valence electrons. The molecule has 1 aromatic heterocycles. The highest BCUT2D eigenvalue weighted by atomic mass is 16.5. The molecule has 0 unspecified atom stereocenters. The highest BCUT2D eigenvalue weighted by Crippen LogP contribution is 2.21. The molecule has 0 spiro atoms. The summed E-state index contributed by atoms with van der Waals surface area (Å²) in [5, 5.41) is 9.97. The molecule has 0 bridgehead atoms. The van der Waals surface area contributed by atoms with Crippen molar-refractivity contribution in [2.24, 2.45) is 0 Å². The van der Waals surface area contributed by atoms with Crippen molar-refractivity contribution < 1.29 is 9.53 Å². The maximum Gasteiger partial charge on any atom is 0.269 e. The molecule has 1 atom stereocenters. The first-order chi connectivity index (χ1) is 12.2. The van der Waals surface area contributed by atoms with Gasteiger partial charge in [-0.25, -0.2) is 0 Å². The Bertz CT molecular complexity index is 826. The number of rotatable bonds is 6. The van der Waals surface area contributed by atoms with Gasteiger partial charge in [0, 0.05) is 12.1 Å². The molecule has 2 N–H and O–H groups in total. The lowest BCUT2D eigenvalue weighted by Gasteiger charge is -2.12. The number of H-pyrrole nitrogens is 1. The molecule has 1 amide bonds. The quantitative estimate of drug-likeness (QED) is 0.723. The van der Waals surface area contributed by atoms with Gasteiger partial charge in [0.1, 0.15) is 11.4 Å². The molecule has 0 radical (unpaired) electrons. The Balaban J connectivity index is 1.62. The fourth-order valence-corrected chi connectivity index (χ4v) is 2.59. The van der Waals surface area contributed by atoms with Crippen molar-refractivity contribution in [1.29, 1.82) is 0 Å². The number of benzene rings is 2. The van der Waals surface area contributed by atoms with Gasteiger partial charge in [-0.3, -0.25) is 9.89 Å². The van der Waals surface area contributed by atoms with Gasteiger partial charge in [0.15, 0.2) is 0 Å². The summed E-state index contributed by atoms with van der Waals surface area (Å²) in [5.74, 6) is 0.872. The number of nitrogens with zero attached hydrogens (tertiary/aromatic N) is 1. The molecule has 0 aliphatic heterocycles. The van der Waals surface area contributed by atoms with Crippen LogP contribution >= 0.6 is 0 Å². The summed E-state index contributed by atoms with van der Waals surface area (Å²) < 4.78 is 5.15. The van der Waals surface area contributed by atoms with Crippen LogP contribution in [0.3, 0.4) is 0 Å². The summed E-state index contributed by atoms with van der Waals surface area (Å²) >= 11 is 0. The lowest BCUT2D eigenvalue weighted by molar-refractivity contribution is 0.0946. The number of hydrogen-bond donors (Lipinski definition) is 2. The minimum absolute atomic E-state index is 0.157. The molecule has 1 heterocycles. The first-order valence-electron chi connectivity index (χ1n) is 8.20. The summed E-state index contributed by atoms with van der Waals surface area (Å²) in [6.07, 6.45) is 0. The highest BCUT2D eigenvalue weighted by Gasteiger charge is 2.13. The van der Waals surface area contributed by atoms with Crippen LogP contribution in [0.2, 0.25) is 0 Å². The van der Waals surface area contributed by atoms with E-state index in [0.29, 0.717) is 12.2 Å². The van der Waals surface area contributed by atoms with Gasteiger partial charge in [-0.1, -0.05) is 37.3 Å². The summed E-state index contributed by atoms with van der Waals surface area (Å²) in [4.78, 5) is 12.3. The van der Waals surface area contributed by atoms with Crippen molar-refractivity contribution in [3.8, 4) is 17.0 Å². The van der Waals surface area contributed by atoms with E-state index in [0.717, 1.165) is 17.0 Å². The monoisotopic (exact) mass is 335 g/mol. The third-order valence-corrected chi connectivity index (χ3v) is 4.15. The van der Waals surface area contributed by atoms with Crippen molar-refractivity contribution in [1.82, 2.24) is 15.5 Å². The minimum atomic E-state index is -0.157. The average molecular weight is 335 g/mol. The van der Waals surface area contributed by atoms with E-state index < -0.39 is 0 Å². The van der Waals surface area contributed by atoms with Crippen molar-refractivity contribution in [2.45, 2.75) is 12.8 Å². The Labute approximate surface area is 147 Å². The van der Waals surface area contributed by atoms with Crippen LogP contribution in [0.4, 0.5) is 0 Å². The smallest absolute Gasteiger partial charge is 0.269 e. The van der Waals surface area contributed by atoms with Crippen molar-refractivity contribution >= 4 is 5.91 Å². The van der Waals surface area contributed by atoms with Crippen LogP contribution in [0, 0.1) is 0 Å². The Morgan fingerprint density at radius 1 is 1.16 bits per heavy atom. The molecule has 5 nitrogen and oxygen atoms in total. The number of aromatic nitrogens is 2. The predicted molar refractivity (Wildman–Crippen MR) is 97.8 cm³/mol. The summed E-state index contributed by atoms with van der Waals surface area (Å²) in [7, 11) is 1.63. The molecular weight excluding hydrogens is 314 g/mol. The zero-order chi connectivity index (χ0) is 17.6. The molecule has 0 saturated carbocycles. The lowest BCUT2D eigenvalue weighted by Crippen LogP contribution is -2.27. The maximum atomic E-state index is 12.3. The molecule has 0 aliphatic rings. The molecule has 3 aromatic rings. The number of methoxy groups -OCH3 is 1. The zero-order valence-electron chi connectivity index (χ0n) is 14.3. The van der Waals surface area contributed by atoms with Crippen LogP contribution in [-0.2, 0) is 0 Å². The molecule has 0 fully saturated rings. The maximum absolute atomic E-state index is 12.3. The van der Waals surface area contributed by atoms with E-state index in [1.165, 1.54) is 5.56 Å². The SMILES string of the molecule is COc1ccc(-c2cc(C(=O)NC[C@H](C)c3ccccc3)[nH]n2)cc1. The molecule has 0 saturated heterocycles. The van der Waals surface area contributed by atoms with Gasteiger partial charge in [0.25, 0.3) is 5.91 Å². The van der Waals surface area contributed by atoms with Gasteiger partial charge in [-0.05, 0) is 41.8 Å². The van der Waals surface area contributed by atoms with Crippen LogP contribution in [-0.4, -0.2) is 29.8 Å². The number of hydrogen-bond acceptors (Lipinski definition) is 3.